The Labute approximate surface area is 57.8 Å². The molecule has 0 aromatic rings. The summed E-state index contributed by atoms with van der Waals surface area (Å²) in [6.45, 7) is 0. The van der Waals surface area contributed by atoms with Gasteiger partial charge in [0.1, 0.15) is 0 Å². The fourth-order valence-corrected chi connectivity index (χ4v) is 0. The van der Waals surface area contributed by atoms with Crippen LogP contribution in [0, 0.1) is 0 Å². The first-order valence-electron chi connectivity index (χ1n) is 1.00. The molecule has 0 aliphatic carbocycles. The minimum absolute atomic E-state index is 0. The van der Waals surface area contributed by atoms with Crippen LogP contribution in [0.4, 0.5) is 0 Å². The van der Waals surface area contributed by atoms with Gasteiger partial charge in [-0.15, -0.1) is 0 Å². The molecule has 0 amide bonds. The molecule has 0 aromatic heterocycles. The van der Waals surface area contributed by atoms with Gasteiger partial charge in [0.2, 0.25) is 0 Å². The predicted molar refractivity (Wildman–Crippen MR) is 32.7 cm³/mol. The van der Waals surface area contributed by atoms with Gasteiger partial charge in [-0.25, -0.2) is 0 Å². The third kappa shape index (κ3) is 30.0. The Morgan fingerprint density at radius 3 is 1.00 bits per heavy atom. The van der Waals surface area contributed by atoms with E-state index in [1.165, 1.54) is 0 Å². The van der Waals surface area contributed by atoms with Gasteiger partial charge < -0.3 is 0 Å². The smallest absolute Gasteiger partial charge is 0 e. The minimum atomic E-state index is 0. The molecule has 0 aromatic carbocycles. The molecule has 3 heteroatoms. The molecule has 6 radical (unpaired) electrons. The van der Waals surface area contributed by atoms with E-state index in [-0.39, 0.29) is 48.1 Å². The van der Waals surface area contributed by atoms with Crippen LogP contribution >= 0.6 is 27.0 Å². The van der Waals surface area contributed by atoms with E-state index in [4.69, 9.17) is 0 Å². The summed E-state index contributed by atoms with van der Waals surface area (Å²) in [5.41, 5.74) is 0. The van der Waals surface area contributed by atoms with Crippen LogP contribution in [0.25, 0.3) is 0 Å². The first kappa shape index (κ1) is 16.1. The summed E-state index contributed by atoms with van der Waals surface area (Å²) in [7, 11) is 0. The molecule has 0 bridgehead atoms. The van der Waals surface area contributed by atoms with Crippen molar-refractivity contribution in [3.05, 3.63) is 0 Å². The molecule has 0 aliphatic rings. The van der Waals surface area contributed by atoms with Gasteiger partial charge in [0.15, 0.2) is 0 Å². The molecular weight excluding hydrogens is 207 g/mol. The first-order valence-corrected chi connectivity index (χ1v) is 6.71. The maximum absolute atomic E-state index is 2.30. The molecule has 0 atom stereocenters. The van der Waals surface area contributed by atoms with E-state index in [0.29, 0.717) is 0 Å². The van der Waals surface area contributed by atoms with Crippen LogP contribution in [0.5, 0.6) is 0 Å². The van der Waals surface area contributed by atoms with E-state index in [1.54, 1.807) is 0 Å². The fourth-order valence-electron chi connectivity index (χ4n) is 0. The van der Waals surface area contributed by atoms with Gasteiger partial charge in [-0.05, 0) is 0 Å². The Morgan fingerprint density at radius 1 is 1.00 bits per heavy atom. The van der Waals surface area contributed by atoms with Crippen molar-refractivity contribution in [3.63, 3.8) is 0 Å². The van der Waals surface area contributed by atoms with Crippen molar-refractivity contribution >= 4 is 48.1 Å². The Balaban J connectivity index is -0.0000000200. The molecule has 0 fully saturated rings. The standard InChI is InChI=1S/2CH3.2S.Sn/h2*1H3;;;. The first-order chi connectivity index (χ1) is 1.41. The van der Waals surface area contributed by atoms with Crippen LogP contribution in [0.15, 0.2) is 0 Å². The van der Waals surface area contributed by atoms with Crippen molar-refractivity contribution in [3.8, 4) is 0 Å². The van der Waals surface area contributed by atoms with Crippen molar-refractivity contribution in [2.24, 2.45) is 0 Å². The molecule has 0 nitrogen and oxygen atoms in total. The van der Waals surface area contributed by atoms with Crippen LogP contribution in [-0.2, 0) is 0 Å². The average molecular weight is 213 g/mol. The van der Waals surface area contributed by atoms with Gasteiger partial charge >= 0.3 is 31.0 Å². The third-order valence-corrected chi connectivity index (χ3v) is 0. The Kier molecular flexibility index (Phi) is 57.2. The van der Waals surface area contributed by atoms with Crippen LogP contribution in [-0.4, -0.2) is 21.1 Å². The summed E-state index contributed by atoms with van der Waals surface area (Å²) in [6, 6.07) is 0. The fraction of sp³-hybridized carbons (Fsp3) is 1.00. The number of hydrogen-bond acceptors (Lipinski definition) is 0. The molecule has 0 saturated carbocycles. The van der Waals surface area contributed by atoms with E-state index in [0.717, 1.165) is 0 Å². The third-order valence-electron chi connectivity index (χ3n) is 0. The Hall–Kier alpha value is 1.50. The summed E-state index contributed by atoms with van der Waals surface area (Å²) < 4.78 is 0. The van der Waals surface area contributed by atoms with Gasteiger partial charge in [0.25, 0.3) is 0 Å². The quantitative estimate of drug-likeness (QED) is 0.540. The average Bonchev–Trinajstić information content (AvgIpc) is 0.918. The molecule has 5 heavy (non-hydrogen) atoms. The van der Waals surface area contributed by atoms with Crippen LogP contribution in [0.3, 0.4) is 0 Å². The SMILES string of the molecule is [CH3][Sn][CH3].[S].[S]. The van der Waals surface area contributed by atoms with Crippen LogP contribution in [0.2, 0.25) is 9.88 Å². The Bertz CT molecular complexity index is 7.61. The van der Waals surface area contributed by atoms with Gasteiger partial charge in [0, 0.05) is 27.0 Å². The summed E-state index contributed by atoms with van der Waals surface area (Å²) in [4.78, 5) is 4.59. The normalized spacial score (nSPS) is 3.60. The van der Waals surface area contributed by atoms with Crippen LogP contribution in [0.1, 0.15) is 0 Å². The summed E-state index contributed by atoms with van der Waals surface area (Å²) >= 11 is 0.230. The summed E-state index contributed by atoms with van der Waals surface area (Å²) in [5.74, 6) is 0. The minimum Gasteiger partial charge on any atom is 0 e. The van der Waals surface area contributed by atoms with Crippen molar-refractivity contribution in [1.29, 1.82) is 0 Å². The van der Waals surface area contributed by atoms with Crippen LogP contribution < -0.4 is 0 Å². The van der Waals surface area contributed by atoms with Crippen molar-refractivity contribution in [2.75, 3.05) is 0 Å². The molecule has 0 aliphatic heterocycles. The molecule has 0 spiro atoms. The maximum Gasteiger partial charge on any atom is 0 e. The van der Waals surface area contributed by atoms with E-state index in [2.05, 4.69) is 9.88 Å². The topological polar surface area (TPSA) is 0 Å². The number of hydrogen-bond donors (Lipinski definition) is 0. The van der Waals surface area contributed by atoms with Gasteiger partial charge in [-0.1, -0.05) is 0 Å². The van der Waals surface area contributed by atoms with E-state index in [1.807, 2.05) is 0 Å². The second-order valence-corrected chi connectivity index (χ2v) is 3.35. The zero-order chi connectivity index (χ0) is 2.71. The maximum atomic E-state index is 2.30. The van der Waals surface area contributed by atoms with Crippen molar-refractivity contribution < 1.29 is 0 Å². The number of rotatable bonds is 0. The van der Waals surface area contributed by atoms with Crippen molar-refractivity contribution in [1.82, 2.24) is 0 Å². The monoisotopic (exact) mass is 214 g/mol. The molecular formula is C2H6S2Sn. The van der Waals surface area contributed by atoms with Gasteiger partial charge in [0.05, 0.1) is 0 Å². The molecule has 0 saturated heterocycles. The summed E-state index contributed by atoms with van der Waals surface area (Å²) in [5, 5.41) is 0. The van der Waals surface area contributed by atoms with Gasteiger partial charge in [-0.3, -0.25) is 0 Å². The zero-order valence-corrected chi connectivity index (χ0v) is 7.80. The molecule has 0 N–H and O–H groups in total. The van der Waals surface area contributed by atoms with Crippen molar-refractivity contribution in [2.45, 2.75) is 9.88 Å². The molecule has 30 valence electrons. The summed E-state index contributed by atoms with van der Waals surface area (Å²) in [6.07, 6.45) is 0. The zero-order valence-electron chi connectivity index (χ0n) is 3.32. The second-order valence-electron chi connectivity index (χ2n) is 0.500. The predicted octanol–water partition coefficient (Wildman–Crippen LogP) is 2.08. The Morgan fingerprint density at radius 2 is 1.00 bits per heavy atom. The van der Waals surface area contributed by atoms with E-state index in [9.17, 15) is 0 Å². The van der Waals surface area contributed by atoms with E-state index >= 15 is 0 Å². The largest absolute Gasteiger partial charge is 0 e. The van der Waals surface area contributed by atoms with E-state index < -0.39 is 0 Å². The van der Waals surface area contributed by atoms with Gasteiger partial charge in [-0.2, -0.15) is 0 Å². The molecule has 0 unspecified atom stereocenters. The molecule has 0 rings (SSSR count). The second kappa shape index (κ2) is 17.8. The molecule has 0 heterocycles.